The lowest BCUT2D eigenvalue weighted by molar-refractivity contribution is -0.154. The van der Waals surface area contributed by atoms with Crippen LogP contribution in [0.2, 0.25) is 0 Å². The van der Waals surface area contributed by atoms with E-state index in [1.54, 1.807) is 26.0 Å². The Bertz CT molecular complexity index is 1850. The first-order valence-electron chi connectivity index (χ1n) is 23.2. The highest BCUT2D eigenvalue weighted by molar-refractivity contribution is 5.95. The Morgan fingerprint density at radius 2 is 1.46 bits per heavy atom. The van der Waals surface area contributed by atoms with Crippen molar-refractivity contribution in [3.63, 3.8) is 0 Å². The second kappa shape index (κ2) is 27.9. The molecule has 1 fully saturated rings. The van der Waals surface area contributed by atoms with Gasteiger partial charge in [0, 0.05) is 33.5 Å². The van der Waals surface area contributed by atoms with E-state index in [2.05, 4.69) is 21.3 Å². The zero-order valence-electron chi connectivity index (χ0n) is 40.9. The summed E-state index contributed by atoms with van der Waals surface area (Å²) in [6.45, 7) is 11.9. The molecule has 20 nitrogen and oxygen atoms in total. The van der Waals surface area contributed by atoms with Gasteiger partial charge < -0.3 is 56.7 Å². The van der Waals surface area contributed by atoms with Crippen molar-refractivity contribution in [1.29, 1.82) is 0 Å². The predicted octanol–water partition coefficient (Wildman–Crippen LogP) is 0.153. The number of likely N-dealkylation sites (N-methyl/N-ethyl adjacent to an activating group) is 2. The van der Waals surface area contributed by atoms with Crippen LogP contribution in [0.3, 0.4) is 0 Å². The average molecular weight is 945 g/mol. The van der Waals surface area contributed by atoms with Gasteiger partial charge in [0.15, 0.2) is 0 Å². The van der Waals surface area contributed by atoms with Crippen molar-refractivity contribution >= 4 is 53.2 Å². The molecule has 1 aliphatic heterocycles. The van der Waals surface area contributed by atoms with E-state index in [4.69, 9.17) is 10.5 Å². The van der Waals surface area contributed by atoms with Gasteiger partial charge in [-0.3, -0.25) is 38.4 Å². The smallest absolute Gasteiger partial charge is 0.328 e. The summed E-state index contributed by atoms with van der Waals surface area (Å²) in [6, 6.07) is 2.65. The quantitative estimate of drug-likeness (QED) is 0.0581. The molecule has 1 aromatic rings. The summed E-state index contributed by atoms with van der Waals surface area (Å²) in [5.41, 5.74) is 6.19. The van der Waals surface area contributed by atoms with Gasteiger partial charge in [-0.2, -0.15) is 0 Å². The zero-order chi connectivity index (χ0) is 50.7. The number of aliphatic hydroxyl groups is 2. The maximum Gasteiger partial charge on any atom is 0.328 e. The van der Waals surface area contributed by atoms with E-state index in [0.717, 1.165) is 10.5 Å². The number of aliphatic hydroxyl groups excluding tert-OH is 2. The molecule has 2 rings (SSSR count). The number of methoxy groups -OCH3 is 1. The standard InChI is InChI=1S/C47H76N8O12/c1-11-29(6)41(44(63)49-26-40(60)53(8)36(24-31-16-13-12-14-17-31)46(65)55-21-15-18-35(55)47(66)67-10)52-39(59)25-37(57)32(22-27(2)3)50-43(62)34(19-20-38(48)58)54(9)45(64)33(23-28(4)5)51-42(61)30(7)56/h12-14,16-17,27-30,32-37,41,56-57H,11,15,18-26H2,1-10H3,(H2,48,58)(H,49,63)(H,50,62)(H,51,61)(H,52,59)/t29-,30-,32-,33-,34-,35-,36+,37-,41-/m0/s1. The van der Waals surface area contributed by atoms with Crippen LogP contribution in [0.1, 0.15) is 105 Å². The Hall–Kier alpha value is -5.63. The number of primary amides is 1. The Kier molecular flexibility index (Phi) is 23.9. The lowest BCUT2D eigenvalue weighted by Gasteiger charge is -2.34. The first-order chi connectivity index (χ1) is 31.4. The largest absolute Gasteiger partial charge is 0.467 e. The Morgan fingerprint density at radius 1 is 0.836 bits per heavy atom. The van der Waals surface area contributed by atoms with Crippen LogP contribution in [0.25, 0.3) is 0 Å². The molecule has 1 saturated heterocycles. The van der Waals surface area contributed by atoms with Crippen LogP contribution in [0, 0.1) is 17.8 Å². The average Bonchev–Trinajstić information content (AvgIpc) is 3.77. The summed E-state index contributed by atoms with van der Waals surface area (Å²) < 4.78 is 4.93. The minimum Gasteiger partial charge on any atom is -0.467 e. The van der Waals surface area contributed by atoms with Gasteiger partial charge in [0.1, 0.15) is 36.3 Å². The van der Waals surface area contributed by atoms with E-state index >= 15 is 0 Å². The summed E-state index contributed by atoms with van der Waals surface area (Å²) in [7, 11) is 4.03. The lowest BCUT2D eigenvalue weighted by atomic mass is 9.95. The van der Waals surface area contributed by atoms with Gasteiger partial charge in [-0.15, -0.1) is 0 Å². The zero-order valence-corrected chi connectivity index (χ0v) is 40.9. The van der Waals surface area contributed by atoms with Crippen molar-refractivity contribution in [1.82, 2.24) is 36.0 Å². The van der Waals surface area contributed by atoms with Gasteiger partial charge in [0.2, 0.25) is 47.3 Å². The molecule has 1 aliphatic rings. The minimum absolute atomic E-state index is 0.0779. The number of carbonyl (C=O) groups is 9. The number of likely N-dealkylation sites (tertiary alicyclic amines) is 1. The molecule has 0 aliphatic carbocycles. The molecule has 0 saturated carbocycles. The van der Waals surface area contributed by atoms with Gasteiger partial charge in [0.25, 0.3) is 0 Å². The van der Waals surface area contributed by atoms with Crippen molar-refractivity contribution < 1.29 is 58.1 Å². The van der Waals surface area contributed by atoms with Crippen molar-refractivity contribution in [2.75, 3.05) is 34.3 Å². The van der Waals surface area contributed by atoms with Gasteiger partial charge in [0.05, 0.1) is 32.2 Å². The fourth-order valence-electron chi connectivity index (χ4n) is 7.93. The molecule has 8 N–H and O–H groups in total. The molecule has 0 aromatic heterocycles. The van der Waals surface area contributed by atoms with Crippen molar-refractivity contribution in [3.8, 4) is 0 Å². The van der Waals surface area contributed by atoms with Gasteiger partial charge in [-0.05, 0) is 62.3 Å². The number of hydrogen-bond acceptors (Lipinski definition) is 12. The number of esters is 1. The number of ether oxygens (including phenoxy) is 1. The van der Waals surface area contributed by atoms with E-state index in [0.29, 0.717) is 25.8 Å². The number of carbonyl (C=O) groups excluding carboxylic acids is 9. The fourth-order valence-corrected chi connectivity index (χ4v) is 7.93. The summed E-state index contributed by atoms with van der Waals surface area (Å²) >= 11 is 0. The first kappa shape index (κ1) is 57.5. The molecule has 0 spiro atoms. The number of hydrogen-bond donors (Lipinski definition) is 7. The highest BCUT2D eigenvalue weighted by Gasteiger charge is 2.41. The van der Waals surface area contributed by atoms with Crippen LogP contribution in [0.4, 0.5) is 0 Å². The van der Waals surface area contributed by atoms with Crippen molar-refractivity contribution in [3.05, 3.63) is 35.9 Å². The van der Waals surface area contributed by atoms with Crippen LogP contribution in [-0.4, -0.2) is 161 Å². The second-order valence-electron chi connectivity index (χ2n) is 18.4. The fraction of sp³-hybridized carbons (Fsp3) is 0.681. The molecule has 1 heterocycles. The van der Waals surface area contributed by atoms with Crippen LogP contribution >= 0.6 is 0 Å². The van der Waals surface area contributed by atoms with Crippen LogP contribution in [-0.2, 0) is 54.3 Å². The van der Waals surface area contributed by atoms with Gasteiger partial charge in [-0.25, -0.2) is 4.79 Å². The molecular formula is C47H76N8O12. The van der Waals surface area contributed by atoms with Gasteiger partial charge in [-0.1, -0.05) is 78.3 Å². The summed E-state index contributed by atoms with van der Waals surface area (Å²) in [5.74, 6) is -6.58. The molecular weight excluding hydrogens is 869 g/mol. The number of nitrogens with two attached hydrogens (primary N) is 1. The first-order valence-corrected chi connectivity index (χ1v) is 23.2. The van der Waals surface area contributed by atoms with E-state index in [9.17, 15) is 53.4 Å². The van der Waals surface area contributed by atoms with Gasteiger partial charge >= 0.3 is 5.97 Å². The van der Waals surface area contributed by atoms with E-state index in [1.165, 1.54) is 37.9 Å². The number of nitrogens with zero attached hydrogens (tertiary/aromatic N) is 3. The molecule has 9 atom stereocenters. The Morgan fingerprint density at radius 3 is 2.01 bits per heavy atom. The molecule has 0 bridgehead atoms. The number of rotatable bonds is 27. The predicted molar refractivity (Wildman–Crippen MR) is 248 cm³/mol. The maximum atomic E-state index is 14.0. The number of amides is 8. The summed E-state index contributed by atoms with van der Waals surface area (Å²) in [6.07, 6.45) is -2.01. The molecule has 376 valence electrons. The molecule has 20 heteroatoms. The third-order valence-corrected chi connectivity index (χ3v) is 12.0. The van der Waals surface area contributed by atoms with E-state index in [1.807, 2.05) is 45.9 Å². The topological polar surface area (TPSA) is 287 Å². The maximum absolute atomic E-state index is 14.0. The highest BCUT2D eigenvalue weighted by atomic mass is 16.5. The van der Waals surface area contributed by atoms with E-state index < -0.39 is 121 Å². The van der Waals surface area contributed by atoms with Crippen LogP contribution in [0.5, 0.6) is 0 Å². The lowest BCUT2D eigenvalue weighted by Crippen LogP contribution is -2.58. The van der Waals surface area contributed by atoms with Crippen LogP contribution < -0.4 is 27.0 Å². The normalized spacial score (nSPS) is 17.2. The minimum atomic E-state index is -1.49. The Balaban J connectivity index is 2.26. The third-order valence-electron chi connectivity index (χ3n) is 12.0. The molecule has 8 amide bonds. The molecule has 0 radical (unpaired) electrons. The summed E-state index contributed by atoms with van der Waals surface area (Å²) in [4.78, 5) is 123. The van der Waals surface area contributed by atoms with E-state index in [-0.39, 0.29) is 43.9 Å². The number of nitrogens with one attached hydrogen (secondary N) is 4. The SMILES string of the molecule is CC[C@H](C)[C@H](NC(=O)C[C@H](O)[C@H](CC(C)C)NC(=O)[C@H](CCC(N)=O)N(C)C(=O)[C@H](CC(C)C)NC(=O)[C@H](C)O)C(=O)NCC(=O)N(C)[C@H](Cc1ccccc1)C(=O)N1CCC[C@H]1C(=O)OC. The molecule has 1 aromatic carbocycles. The molecule has 0 unspecified atom stereocenters. The second-order valence-corrected chi connectivity index (χ2v) is 18.4. The monoisotopic (exact) mass is 945 g/mol. The van der Waals surface area contributed by atoms with Crippen molar-refractivity contribution in [2.45, 2.75) is 155 Å². The highest BCUT2D eigenvalue weighted by Crippen LogP contribution is 2.23. The number of benzene rings is 1. The summed E-state index contributed by atoms with van der Waals surface area (Å²) in [5, 5.41) is 31.8. The van der Waals surface area contributed by atoms with Crippen LogP contribution in [0.15, 0.2) is 30.3 Å². The Labute approximate surface area is 394 Å². The molecule has 67 heavy (non-hydrogen) atoms. The third kappa shape index (κ3) is 18.2. The van der Waals surface area contributed by atoms with Crippen molar-refractivity contribution in [2.24, 2.45) is 23.5 Å².